The lowest BCUT2D eigenvalue weighted by atomic mass is 10.3. The van der Waals surface area contributed by atoms with Gasteiger partial charge in [-0.1, -0.05) is 0 Å². The zero-order valence-corrected chi connectivity index (χ0v) is 12.7. The van der Waals surface area contributed by atoms with Crippen LogP contribution < -0.4 is 14.4 Å². The predicted octanol–water partition coefficient (Wildman–Crippen LogP) is -0.972. The molecule has 1 fully saturated rings. The molecule has 1 aromatic rings. The minimum absolute atomic E-state index is 0.127. The van der Waals surface area contributed by atoms with E-state index in [0.29, 0.717) is 19.8 Å². The maximum absolute atomic E-state index is 13.3. The summed E-state index contributed by atoms with van der Waals surface area (Å²) < 4.78 is 50.4. The zero-order chi connectivity index (χ0) is 15.3. The van der Waals surface area contributed by atoms with Gasteiger partial charge in [0.15, 0.2) is 0 Å². The number of sulfonamides is 1. The molecule has 21 heavy (non-hydrogen) atoms. The van der Waals surface area contributed by atoms with Gasteiger partial charge in [-0.2, -0.15) is 0 Å². The Labute approximate surface area is 123 Å². The SMILES string of the molecule is COc1ccc(F)cc1S(=O)(=O)NCC[NH+]1CCOCC1. The first kappa shape index (κ1) is 16.2. The van der Waals surface area contributed by atoms with Gasteiger partial charge in [-0.25, -0.2) is 17.5 Å². The average Bonchev–Trinajstić information content (AvgIpc) is 2.48. The monoisotopic (exact) mass is 319 g/mol. The summed E-state index contributed by atoms with van der Waals surface area (Å²) in [7, 11) is -2.43. The quantitative estimate of drug-likeness (QED) is 0.708. The van der Waals surface area contributed by atoms with Gasteiger partial charge in [0.1, 0.15) is 29.6 Å². The largest absolute Gasteiger partial charge is 0.495 e. The lowest BCUT2D eigenvalue weighted by Gasteiger charge is -2.23. The molecule has 0 unspecified atom stereocenters. The fraction of sp³-hybridized carbons (Fsp3) is 0.538. The molecule has 0 aliphatic carbocycles. The van der Waals surface area contributed by atoms with E-state index in [1.165, 1.54) is 18.1 Å². The van der Waals surface area contributed by atoms with Gasteiger partial charge >= 0.3 is 0 Å². The second-order valence-electron chi connectivity index (χ2n) is 4.81. The third kappa shape index (κ3) is 4.37. The van der Waals surface area contributed by atoms with Crippen molar-refractivity contribution in [2.45, 2.75) is 4.90 Å². The molecule has 0 saturated carbocycles. The highest BCUT2D eigenvalue weighted by Crippen LogP contribution is 2.23. The van der Waals surface area contributed by atoms with Crippen LogP contribution in [0.4, 0.5) is 4.39 Å². The molecule has 0 spiro atoms. The van der Waals surface area contributed by atoms with Gasteiger partial charge in [0, 0.05) is 0 Å². The molecule has 0 atom stereocenters. The number of halogens is 1. The van der Waals surface area contributed by atoms with E-state index in [0.717, 1.165) is 25.2 Å². The summed E-state index contributed by atoms with van der Waals surface area (Å²) in [5.41, 5.74) is 0. The van der Waals surface area contributed by atoms with Crippen molar-refractivity contribution in [3.63, 3.8) is 0 Å². The number of benzene rings is 1. The normalized spacial score (nSPS) is 16.9. The maximum atomic E-state index is 13.3. The number of ether oxygens (including phenoxy) is 2. The highest BCUT2D eigenvalue weighted by atomic mass is 32.2. The Morgan fingerprint density at radius 1 is 1.38 bits per heavy atom. The van der Waals surface area contributed by atoms with E-state index in [9.17, 15) is 12.8 Å². The van der Waals surface area contributed by atoms with E-state index in [1.54, 1.807) is 0 Å². The standard InChI is InChI=1S/C13H19FN2O4S/c1-19-12-3-2-11(14)10-13(12)21(17,18)15-4-5-16-6-8-20-9-7-16/h2-3,10,15H,4-9H2,1H3/p+1. The summed E-state index contributed by atoms with van der Waals surface area (Å²) in [6, 6.07) is 3.43. The summed E-state index contributed by atoms with van der Waals surface area (Å²) in [5.74, 6) is -0.488. The van der Waals surface area contributed by atoms with Crippen LogP contribution in [-0.2, 0) is 14.8 Å². The molecule has 0 bridgehead atoms. The van der Waals surface area contributed by atoms with Gasteiger partial charge in [0.2, 0.25) is 10.0 Å². The van der Waals surface area contributed by atoms with E-state index in [1.807, 2.05) is 0 Å². The molecule has 6 nitrogen and oxygen atoms in total. The Kier molecular flexibility index (Phi) is 5.51. The first-order valence-electron chi connectivity index (χ1n) is 6.77. The molecule has 1 aliphatic heterocycles. The summed E-state index contributed by atoms with van der Waals surface area (Å²) in [6.45, 7) is 4.08. The number of nitrogens with one attached hydrogen (secondary N) is 2. The Bertz CT molecular complexity index is 574. The van der Waals surface area contributed by atoms with Gasteiger partial charge in [0.25, 0.3) is 0 Å². The van der Waals surface area contributed by atoms with Crippen LogP contribution in [0.5, 0.6) is 5.75 Å². The van der Waals surface area contributed by atoms with Crippen molar-refractivity contribution in [2.24, 2.45) is 0 Å². The van der Waals surface area contributed by atoms with Crippen molar-refractivity contribution in [3.05, 3.63) is 24.0 Å². The van der Waals surface area contributed by atoms with E-state index >= 15 is 0 Å². The molecule has 2 rings (SSSR count). The molecular weight excluding hydrogens is 299 g/mol. The zero-order valence-electron chi connectivity index (χ0n) is 11.9. The molecular formula is C13H20FN2O4S+. The Hall–Kier alpha value is -1.22. The van der Waals surface area contributed by atoms with E-state index in [-0.39, 0.29) is 17.2 Å². The molecule has 2 N–H and O–H groups in total. The van der Waals surface area contributed by atoms with Crippen molar-refractivity contribution in [2.75, 3.05) is 46.5 Å². The minimum atomic E-state index is -3.79. The molecule has 0 radical (unpaired) electrons. The number of hydrogen-bond donors (Lipinski definition) is 2. The van der Waals surface area contributed by atoms with E-state index in [4.69, 9.17) is 9.47 Å². The van der Waals surface area contributed by atoms with Crippen LogP contribution in [0.3, 0.4) is 0 Å². The molecule has 1 aliphatic rings. The first-order valence-corrected chi connectivity index (χ1v) is 8.26. The van der Waals surface area contributed by atoms with E-state index < -0.39 is 15.8 Å². The summed E-state index contributed by atoms with van der Waals surface area (Å²) in [6.07, 6.45) is 0. The van der Waals surface area contributed by atoms with Gasteiger partial charge in [-0.3, -0.25) is 0 Å². The second-order valence-corrected chi connectivity index (χ2v) is 6.54. The van der Waals surface area contributed by atoms with Crippen molar-refractivity contribution >= 4 is 10.0 Å². The fourth-order valence-corrected chi connectivity index (χ4v) is 3.42. The van der Waals surface area contributed by atoms with Gasteiger partial charge in [0.05, 0.1) is 33.4 Å². The molecule has 1 heterocycles. The van der Waals surface area contributed by atoms with Gasteiger partial charge < -0.3 is 14.4 Å². The van der Waals surface area contributed by atoms with Crippen LogP contribution in [0, 0.1) is 5.82 Å². The molecule has 0 aromatic heterocycles. The maximum Gasteiger partial charge on any atom is 0.244 e. The highest BCUT2D eigenvalue weighted by molar-refractivity contribution is 7.89. The van der Waals surface area contributed by atoms with Crippen LogP contribution >= 0.6 is 0 Å². The minimum Gasteiger partial charge on any atom is -0.495 e. The topological polar surface area (TPSA) is 69.1 Å². The third-order valence-electron chi connectivity index (χ3n) is 3.39. The first-order chi connectivity index (χ1) is 10.0. The lowest BCUT2D eigenvalue weighted by molar-refractivity contribution is -0.906. The molecule has 118 valence electrons. The second kappa shape index (κ2) is 7.17. The number of quaternary nitrogens is 1. The smallest absolute Gasteiger partial charge is 0.244 e. The van der Waals surface area contributed by atoms with Crippen molar-refractivity contribution < 1.29 is 27.2 Å². The highest BCUT2D eigenvalue weighted by Gasteiger charge is 2.21. The van der Waals surface area contributed by atoms with Crippen LogP contribution in [0.15, 0.2) is 23.1 Å². The van der Waals surface area contributed by atoms with Gasteiger partial charge in [-0.15, -0.1) is 0 Å². The molecule has 1 saturated heterocycles. The Balaban J connectivity index is 1.99. The van der Waals surface area contributed by atoms with Crippen LogP contribution in [-0.4, -0.2) is 54.9 Å². The Morgan fingerprint density at radius 2 is 2.10 bits per heavy atom. The summed E-state index contributed by atoms with van der Waals surface area (Å²) in [5, 5.41) is 0. The van der Waals surface area contributed by atoms with Crippen LogP contribution in [0.2, 0.25) is 0 Å². The third-order valence-corrected chi connectivity index (χ3v) is 4.87. The number of morpholine rings is 1. The summed E-state index contributed by atoms with van der Waals surface area (Å²) >= 11 is 0. The summed E-state index contributed by atoms with van der Waals surface area (Å²) in [4.78, 5) is 1.11. The van der Waals surface area contributed by atoms with Crippen molar-refractivity contribution in [1.29, 1.82) is 0 Å². The van der Waals surface area contributed by atoms with Crippen LogP contribution in [0.1, 0.15) is 0 Å². The van der Waals surface area contributed by atoms with Crippen molar-refractivity contribution in [3.8, 4) is 5.75 Å². The van der Waals surface area contributed by atoms with Crippen molar-refractivity contribution in [1.82, 2.24) is 4.72 Å². The Morgan fingerprint density at radius 3 is 2.76 bits per heavy atom. The van der Waals surface area contributed by atoms with Crippen LogP contribution in [0.25, 0.3) is 0 Å². The average molecular weight is 319 g/mol. The predicted molar refractivity (Wildman–Crippen MR) is 74.5 cm³/mol. The van der Waals surface area contributed by atoms with E-state index in [2.05, 4.69) is 4.72 Å². The fourth-order valence-electron chi connectivity index (χ4n) is 2.21. The van der Waals surface area contributed by atoms with Gasteiger partial charge in [-0.05, 0) is 18.2 Å². The molecule has 0 amide bonds. The lowest BCUT2D eigenvalue weighted by Crippen LogP contribution is -3.14. The number of methoxy groups -OCH3 is 1. The number of hydrogen-bond acceptors (Lipinski definition) is 4. The number of rotatable bonds is 6. The molecule has 1 aromatic carbocycles. The molecule has 8 heteroatoms.